The van der Waals surface area contributed by atoms with Crippen molar-refractivity contribution < 1.29 is 4.57 Å². The SMILES string of the molecule is C[n+]1cc(-c2ccccc2)nc(-c2ccccc2)c1. The Kier molecular flexibility index (Phi) is 3.07. The van der Waals surface area contributed by atoms with Gasteiger partial charge in [0.25, 0.3) is 0 Å². The van der Waals surface area contributed by atoms with Crippen LogP contribution in [0.4, 0.5) is 0 Å². The average Bonchev–Trinajstić information content (AvgIpc) is 2.48. The van der Waals surface area contributed by atoms with E-state index in [1.165, 1.54) is 0 Å². The summed E-state index contributed by atoms with van der Waals surface area (Å²) in [5.74, 6) is 0. The largest absolute Gasteiger partial charge is 0.235 e. The van der Waals surface area contributed by atoms with Crippen molar-refractivity contribution in [2.45, 2.75) is 0 Å². The molecule has 0 bridgehead atoms. The van der Waals surface area contributed by atoms with Gasteiger partial charge in [0.2, 0.25) is 0 Å². The lowest BCUT2D eigenvalue weighted by molar-refractivity contribution is -0.670. The molecular weight excluding hydrogens is 232 g/mol. The van der Waals surface area contributed by atoms with Crippen molar-refractivity contribution in [2.24, 2.45) is 7.05 Å². The second-order valence-corrected chi connectivity index (χ2v) is 4.54. The van der Waals surface area contributed by atoms with Gasteiger partial charge in [-0.15, -0.1) is 0 Å². The van der Waals surface area contributed by atoms with Crippen LogP contribution in [-0.4, -0.2) is 4.98 Å². The topological polar surface area (TPSA) is 16.8 Å². The predicted octanol–water partition coefficient (Wildman–Crippen LogP) is 3.24. The molecule has 0 atom stereocenters. The Balaban J connectivity index is 2.12. The monoisotopic (exact) mass is 247 g/mol. The van der Waals surface area contributed by atoms with Crippen molar-refractivity contribution in [1.82, 2.24) is 4.98 Å². The molecule has 2 aromatic carbocycles. The van der Waals surface area contributed by atoms with Gasteiger partial charge in [-0.05, 0) is 0 Å². The fourth-order valence-electron chi connectivity index (χ4n) is 2.11. The van der Waals surface area contributed by atoms with Gasteiger partial charge >= 0.3 is 0 Å². The highest BCUT2D eigenvalue weighted by molar-refractivity contribution is 5.63. The summed E-state index contributed by atoms with van der Waals surface area (Å²) in [6.45, 7) is 0. The molecule has 0 fully saturated rings. The second-order valence-electron chi connectivity index (χ2n) is 4.54. The van der Waals surface area contributed by atoms with E-state index in [9.17, 15) is 0 Å². The van der Waals surface area contributed by atoms with Crippen LogP contribution in [0.2, 0.25) is 0 Å². The first-order valence-corrected chi connectivity index (χ1v) is 6.31. The van der Waals surface area contributed by atoms with Crippen LogP contribution < -0.4 is 4.57 Å². The molecule has 2 nitrogen and oxygen atoms in total. The van der Waals surface area contributed by atoms with Crippen LogP contribution in [-0.2, 0) is 7.05 Å². The molecule has 3 aromatic rings. The highest BCUT2D eigenvalue weighted by Crippen LogP contribution is 2.20. The Hall–Kier alpha value is -2.48. The smallest absolute Gasteiger partial charge is 0.195 e. The van der Waals surface area contributed by atoms with E-state index in [0.29, 0.717) is 0 Å². The Bertz CT molecular complexity index is 618. The highest BCUT2D eigenvalue weighted by atomic mass is 14.9. The van der Waals surface area contributed by atoms with Gasteiger partial charge in [-0.3, -0.25) is 0 Å². The fraction of sp³-hybridized carbons (Fsp3) is 0.0588. The maximum Gasteiger partial charge on any atom is 0.195 e. The molecule has 19 heavy (non-hydrogen) atoms. The quantitative estimate of drug-likeness (QED) is 0.635. The fourth-order valence-corrected chi connectivity index (χ4v) is 2.11. The number of nitrogens with zero attached hydrogens (tertiary/aromatic N) is 2. The zero-order valence-corrected chi connectivity index (χ0v) is 10.8. The van der Waals surface area contributed by atoms with E-state index in [1.807, 2.05) is 55.8 Å². The molecule has 0 spiro atoms. The highest BCUT2D eigenvalue weighted by Gasteiger charge is 2.09. The van der Waals surface area contributed by atoms with Crippen molar-refractivity contribution in [2.75, 3.05) is 0 Å². The van der Waals surface area contributed by atoms with Crippen molar-refractivity contribution in [3.05, 3.63) is 73.1 Å². The van der Waals surface area contributed by atoms with Crippen LogP contribution in [0.5, 0.6) is 0 Å². The molecule has 0 unspecified atom stereocenters. The second kappa shape index (κ2) is 5.02. The molecule has 0 amide bonds. The summed E-state index contributed by atoms with van der Waals surface area (Å²) < 4.78 is 2.05. The summed E-state index contributed by atoms with van der Waals surface area (Å²) in [6.07, 6.45) is 4.09. The number of aryl methyl sites for hydroxylation is 1. The summed E-state index contributed by atoms with van der Waals surface area (Å²) in [6, 6.07) is 20.5. The first-order valence-electron chi connectivity index (χ1n) is 6.31. The number of hydrogen-bond donors (Lipinski definition) is 0. The van der Waals surface area contributed by atoms with E-state index in [0.717, 1.165) is 22.5 Å². The molecule has 92 valence electrons. The Morgan fingerprint density at radius 2 is 1.11 bits per heavy atom. The molecule has 0 saturated heterocycles. The predicted molar refractivity (Wildman–Crippen MR) is 76.3 cm³/mol. The minimum Gasteiger partial charge on any atom is -0.235 e. The molecule has 0 aliphatic carbocycles. The molecule has 1 aromatic heterocycles. The van der Waals surface area contributed by atoms with Gasteiger partial charge < -0.3 is 0 Å². The van der Waals surface area contributed by atoms with Gasteiger partial charge in [0.05, 0.1) is 0 Å². The zero-order chi connectivity index (χ0) is 13.1. The van der Waals surface area contributed by atoms with Crippen LogP contribution in [0, 0.1) is 0 Å². The summed E-state index contributed by atoms with van der Waals surface area (Å²) in [4.78, 5) is 4.75. The summed E-state index contributed by atoms with van der Waals surface area (Å²) >= 11 is 0. The zero-order valence-electron chi connectivity index (χ0n) is 10.8. The maximum atomic E-state index is 4.75. The molecule has 1 heterocycles. The van der Waals surface area contributed by atoms with Crippen molar-refractivity contribution >= 4 is 0 Å². The summed E-state index contributed by atoms with van der Waals surface area (Å²) in [7, 11) is 2.03. The lowest BCUT2D eigenvalue weighted by Gasteiger charge is -2.03. The van der Waals surface area contributed by atoms with Crippen LogP contribution in [0.1, 0.15) is 0 Å². The maximum absolute atomic E-state index is 4.75. The first kappa shape index (κ1) is 11.6. The lowest BCUT2D eigenvalue weighted by Crippen LogP contribution is -2.28. The third-order valence-corrected chi connectivity index (χ3v) is 3.03. The average molecular weight is 247 g/mol. The van der Waals surface area contributed by atoms with E-state index in [4.69, 9.17) is 4.98 Å². The van der Waals surface area contributed by atoms with E-state index < -0.39 is 0 Å². The molecule has 0 radical (unpaired) electrons. The minimum atomic E-state index is 0.990. The Morgan fingerprint density at radius 3 is 1.53 bits per heavy atom. The molecular formula is C17H15N2+. The van der Waals surface area contributed by atoms with Crippen LogP contribution >= 0.6 is 0 Å². The molecule has 3 rings (SSSR count). The van der Waals surface area contributed by atoms with Crippen molar-refractivity contribution in [3.8, 4) is 22.5 Å². The standard InChI is InChI=1S/C17H15N2/c1-19-12-16(14-8-4-2-5-9-14)18-17(13-19)15-10-6-3-7-11-15/h2-13H,1H3/q+1. The molecule has 0 aliphatic heterocycles. The van der Waals surface area contributed by atoms with E-state index in [-0.39, 0.29) is 0 Å². The minimum absolute atomic E-state index is 0.990. The first-order chi connectivity index (χ1) is 9.33. The summed E-state index contributed by atoms with van der Waals surface area (Å²) in [5, 5.41) is 0. The van der Waals surface area contributed by atoms with Gasteiger partial charge in [-0.25, -0.2) is 9.55 Å². The van der Waals surface area contributed by atoms with Gasteiger partial charge in [0.15, 0.2) is 12.4 Å². The number of rotatable bonds is 2. The molecule has 0 N–H and O–H groups in total. The van der Waals surface area contributed by atoms with E-state index in [2.05, 4.69) is 28.8 Å². The Labute approximate surface area is 113 Å². The molecule has 0 aliphatic rings. The third kappa shape index (κ3) is 2.52. The van der Waals surface area contributed by atoms with Gasteiger partial charge in [-0.2, -0.15) is 0 Å². The van der Waals surface area contributed by atoms with Gasteiger partial charge in [0, 0.05) is 11.1 Å². The van der Waals surface area contributed by atoms with Crippen LogP contribution in [0.3, 0.4) is 0 Å². The van der Waals surface area contributed by atoms with Gasteiger partial charge in [0.1, 0.15) is 18.4 Å². The number of hydrogen-bond acceptors (Lipinski definition) is 1. The molecule has 0 saturated carbocycles. The lowest BCUT2D eigenvalue weighted by atomic mass is 10.1. The van der Waals surface area contributed by atoms with Crippen LogP contribution in [0.25, 0.3) is 22.5 Å². The number of benzene rings is 2. The number of aromatic nitrogens is 2. The third-order valence-electron chi connectivity index (χ3n) is 3.03. The molecule has 2 heteroatoms. The van der Waals surface area contributed by atoms with Crippen LogP contribution in [0.15, 0.2) is 73.1 Å². The Morgan fingerprint density at radius 1 is 0.684 bits per heavy atom. The normalized spacial score (nSPS) is 10.4. The van der Waals surface area contributed by atoms with E-state index >= 15 is 0 Å². The van der Waals surface area contributed by atoms with Crippen molar-refractivity contribution in [3.63, 3.8) is 0 Å². The van der Waals surface area contributed by atoms with Crippen molar-refractivity contribution in [1.29, 1.82) is 0 Å². The summed E-state index contributed by atoms with van der Waals surface area (Å²) in [5.41, 5.74) is 4.25. The van der Waals surface area contributed by atoms with E-state index in [1.54, 1.807) is 0 Å². The van der Waals surface area contributed by atoms with Gasteiger partial charge in [-0.1, -0.05) is 60.7 Å².